The molecule has 1 fully saturated rings. The topological polar surface area (TPSA) is 58.6 Å². The predicted molar refractivity (Wildman–Crippen MR) is 92.2 cm³/mol. The van der Waals surface area contributed by atoms with Crippen molar-refractivity contribution in [2.75, 3.05) is 18.1 Å². The Morgan fingerprint density at radius 2 is 1.92 bits per heavy atom. The number of rotatable bonds is 5. The lowest BCUT2D eigenvalue weighted by Crippen LogP contribution is -2.37. The monoisotopic (exact) mass is 360 g/mol. The Balaban J connectivity index is 1.65. The number of ether oxygens (including phenoxy) is 1. The maximum absolute atomic E-state index is 13.3. The second-order valence-electron chi connectivity index (χ2n) is 5.93. The normalized spacial score (nSPS) is 16.7. The average molecular weight is 360 g/mol. The Bertz CT molecular complexity index is 824. The lowest BCUT2D eigenvalue weighted by atomic mass is 10.1. The Hall–Kier alpha value is -2.96. The summed E-state index contributed by atoms with van der Waals surface area (Å²) >= 11 is 0. The molecule has 1 N–H and O–H groups in total. The van der Waals surface area contributed by atoms with Crippen molar-refractivity contribution >= 4 is 17.5 Å². The molecule has 0 aliphatic carbocycles. The highest BCUT2D eigenvalue weighted by Gasteiger charge is 2.31. The fourth-order valence-corrected chi connectivity index (χ4v) is 2.85. The second kappa shape index (κ2) is 7.51. The van der Waals surface area contributed by atoms with E-state index in [1.807, 2.05) is 6.92 Å². The molecule has 1 heterocycles. The number of hydrogen-bond acceptors (Lipinski definition) is 3. The van der Waals surface area contributed by atoms with E-state index in [0.717, 1.165) is 12.1 Å². The van der Waals surface area contributed by atoms with E-state index in [2.05, 4.69) is 5.32 Å². The molecule has 2 aromatic rings. The molecule has 1 aliphatic heterocycles. The average Bonchev–Trinajstić information content (AvgIpc) is 2.98. The lowest BCUT2D eigenvalue weighted by molar-refractivity contribution is -0.117. The number of carbonyl (C=O) groups excluding carboxylic acids is 2. The molecule has 0 aromatic heterocycles. The van der Waals surface area contributed by atoms with Gasteiger partial charge in [-0.05, 0) is 49.4 Å². The minimum Gasteiger partial charge on any atom is -0.494 e. The summed E-state index contributed by atoms with van der Waals surface area (Å²) in [6.07, 6.45) is 0.141. The summed E-state index contributed by atoms with van der Waals surface area (Å²) in [5, 5.41) is 2.69. The zero-order chi connectivity index (χ0) is 18.7. The van der Waals surface area contributed by atoms with Gasteiger partial charge in [0.25, 0.3) is 5.91 Å². The molecule has 1 saturated heterocycles. The van der Waals surface area contributed by atoms with Gasteiger partial charge >= 0.3 is 0 Å². The third-order valence-electron chi connectivity index (χ3n) is 4.10. The van der Waals surface area contributed by atoms with E-state index in [-0.39, 0.29) is 17.9 Å². The van der Waals surface area contributed by atoms with Gasteiger partial charge in [0.15, 0.2) is 11.6 Å². The second-order valence-corrected chi connectivity index (χ2v) is 5.93. The minimum absolute atomic E-state index is 0.0101. The summed E-state index contributed by atoms with van der Waals surface area (Å²) in [6.45, 7) is 2.75. The molecule has 0 radical (unpaired) electrons. The number of benzene rings is 2. The third-order valence-corrected chi connectivity index (χ3v) is 4.10. The van der Waals surface area contributed by atoms with E-state index in [1.165, 1.54) is 6.07 Å². The van der Waals surface area contributed by atoms with Crippen molar-refractivity contribution in [2.24, 2.45) is 0 Å². The summed E-state index contributed by atoms with van der Waals surface area (Å²) in [6, 6.07) is 9.65. The van der Waals surface area contributed by atoms with Gasteiger partial charge in [-0.25, -0.2) is 8.78 Å². The van der Waals surface area contributed by atoms with Gasteiger partial charge in [-0.15, -0.1) is 0 Å². The molecule has 136 valence electrons. The van der Waals surface area contributed by atoms with Crippen molar-refractivity contribution in [3.63, 3.8) is 0 Å². The lowest BCUT2D eigenvalue weighted by Gasteiger charge is -2.17. The zero-order valence-corrected chi connectivity index (χ0v) is 14.2. The number of nitrogens with zero attached hydrogens (tertiary/aromatic N) is 1. The maximum atomic E-state index is 13.3. The number of nitrogens with one attached hydrogen (secondary N) is 1. The van der Waals surface area contributed by atoms with Crippen molar-refractivity contribution in [2.45, 2.75) is 19.4 Å². The number of halogens is 2. The van der Waals surface area contributed by atoms with Crippen LogP contribution in [-0.4, -0.2) is 31.0 Å². The first-order chi connectivity index (χ1) is 12.5. The van der Waals surface area contributed by atoms with Crippen LogP contribution in [0.4, 0.5) is 14.5 Å². The first kappa shape index (κ1) is 17.8. The summed E-state index contributed by atoms with van der Waals surface area (Å²) in [4.78, 5) is 26.0. The van der Waals surface area contributed by atoms with Crippen molar-refractivity contribution in [3.05, 3.63) is 59.7 Å². The fourth-order valence-electron chi connectivity index (χ4n) is 2.85. The van der Waals surface area contributed by atoms with Gasteiger partial charge < -0.3 is 15.0 Å². The Morgan fingerprint density at radius 3 is 2.58 bits per heavy atom. The molecular weight excluding hydrogens is 342 g/mol. The predicted octanol–water partition coefficient (Wildman–Crippen LogP) is 2.90. The number of carbonyl (C=O) groups is 2. The Kier molecular flexibility index (Phi) is 5.16. The summed E-state index contributed by atoms with van der Waals surface area (Å²) < 4.78 is 31.6. The van der Waals surface area contributed by atoms with Crippen LogP contribution in [0.3, 0.4) is 0 Å². The van der Waals surface area contributed by atoms with Crippen LogP contribution < -0.4 is 15.0 Å². The molecule has 2 amide bonds. The standard InChI is InChI=1S/C19H18F2N2O3/c1-2-26-15-6-4-14(5-7-15)23-11-13(10-18(23)24)22-19(25)12-3-8-16(20)17(21)9-12/h3-9,13H,2,10-11H2,1H3,(H,22,25). The van der Waals surface area contributed by atoms with Gasteiger partial charge in [-0.1, -0.05) is 0 Å². The molecule has 26 heavy (non-hydrogen) atoms. The van der Waals surface area contributed by atoms with E-state index < -0.39 is 23.6 Å². The smallest absolute Gasteiger partial charge is 0.251 e. The zero-order valence-electron chi connectivity index (χ0n) is 14.2. The van der Waals surface area contributed by atoms with Crippen LogP contribution in [0, 0.1) is 11.6 Å². The molecule has 0 spiro atoms. The highest BCUT2D eigenvalue weighted by molar-refractivity contribution is 5.99. The third kappa shape index (κ3) is 3.82. The van der Waals surface area contributed by atoms with Gasteiger partial charge in [0.2, 0.25) is 5.91 Å². The first-order valence-electron chi connectivity index (χ1n) is 8.27. The Morgan fingerprint density at radius 1 is 1.19 bits per heavy atom. The molecule has 1 unspecified atom stereocenters. The maximum Gasteiger partial charge on any atom is 0.251 e. The SMILES string of the molecule is CCOc1ccc(N2CC(NC(=O)c3ccc(F)c(F)c3)CC2=O)cc1. The van der Waals surface area contributed by atoms with Crippen LogP contribution >= 0.6 is 0 Å². The molecule has 1 atom stereocenters. The molecule has 0 saturated carbocycles. The van der Waals surface area contributed by atoms with Crippen LogP contribution in [0.1, 0.15) is 23.7 Å². The van der Waals surface area contributed by atoms with E-state index >= 15 is 0 Å². The number of anilines is 1. The van der Waals surface area contributed by atoms with Crippen LogP contribution in [0.2, 0.25) is 0 Å². The van der Waals surface area contributed by atoms with Gasteiger partial charge in [0, 0.05) is 24.2 Å². The van der Waals surface area contributed by atoms with E-state index in [4.69, 9.17) is 4.74 Å². The van der Waals surface area contributed by atoms with Gasteiger partial charge in [0.1, 0.15) is 5.75 Å². The first-order valence-corrected chi connectivity index (χ1v) is 8.27. The largest absolute Gasteiger partial charge is 0.494 e. The van der Waals surface area contributed by atoms with E-state index in [9.17, 15) is 18.4 Å². The van der Waals surface area contributed by atoms with Gasteiger partial charge in [0.05, 0.1) is 12.6 Å². The van der Waals surface area contributed by atoms with Crippen LogP contribution in [-0.2, 0) is 4.79 Å². The molecule has 1 aliphatic rings. The molecular formula is C19H18F2N2O3. The highest BCUT2D eigenvalue weighted by atomic mass is 19.2. The minimum atomic E-state index is -1.09. The van der Waals surface area contributed by atoms with Crippen LogP contribution in [0.5, 0.6) is 5.75 Å². The Labute approximate surface area is 149 Å². The molecule has 7 heteroatoms. The van der Waals surface area contributed by atoms with Crippen molar-refractivity contribution in [3.8, 4) is 5.75 Å². The van der Waals surface area contributed by atoms with Crippen LogP contribution in [0.25, 0.3) is 0 Å². The molecule has 2 aromatic carbocycles. The number of hydrogen-bond donors (Lipinski definition) is 1. The van der Waals surface area contributed by atoms with Crippen molar-refractivity contribution in [1.29, 1.82) is 0 Å². The molecule has 3 rings (SSSR count). The quantitative estimate of drug-likeness (QED) is 0.892. The highest BCUT2D eigenvalue weighted by Crippen LogP contribution is 2.24. The summed E-state index contributed by atoms with van der Waals surface area (Å²) in [5.74, 6) is -2.05. The van der Waals surface area contributed by atoms with Crippen LogP contribution in [0.15, 0.2) is 42.5 Å². The molecule has 0 bridgehead atoms. The summed E-state index contributed by atoms with van der Waals surface area (Å²) in [5.41, 5.74) is 0.721. The summed E-state index contributed by atoms with van der Waals surface area (Å²) in [7, 11) is 0. The number of amides is 2. The fraction of sp³-hybridized carbons (Fsp3) is 0.263. The van der Waals surface area contributed by atoms with Gasteiger partial charge in [-0.3, -0.25) is 9.59 Å². The van der Waals surface area contributed by atoms with Crippen molar-refractivity contribution < 1.29 is 23.1 Å². The van der Waals surface area contributed by atoms with Gasteiger partial charge in [-0.2, -0.15) is 0 Å². The van der Waals surface area contributed by atoms with E-state index in [0.29, 0.717) is 24.6 Å². The van der Waals surface area contributed by atoms with Crippen molar-refractivity contribution in [1.82, 2.24) is 5.32 Å². The molecule has 5 nitrogen and oxygen atoms in total. The van der Waals surface area contributed by atoms with E-state index in [1.54, 1.807) is 29.2 Å².